The molecule has 0 aromatic carbocycles. The molecule has 0 N–H and O–H groups in total. The Morgan fingerprint density at radius 3 is 0.763 bits per heavy atom. The van der Waals surface area contributed by atoms with E-state index in [4.69, 9.17) is 0 Å². The summed E-state index contributed by atoms with van der Waals surface area (Å²) >= 11 is 0. The first kappa shape index (κ1) is 58.6. The van der Waals surface area contributed by atoms with E-state index in [1.54, 1.807) is 23.9 Å². The van der Waals surface area contributed by atoms with Crippen molar-refractivity contribution >= 4 is 12.4 Å². The SMILES string of the molecule is C[C-]=NN(C)C.C[C-]=NN(C)C.[CH2-]CCCC.[CH2-]CCCC.[CH2-]CCCCCC.[CH2-]CCCCCC.[U+3].[U+3]. The summed E-state index contributed by atoms with van der Waals surface area (Å²) in [5, 5.41) is 10.8. The molecule has 0 spiro atoms. The van der Waals surface area contributed by atoms with Gasteiger partial charge < -0.3 is 60.3 Å². The molecule has 0 aromatic heterocycles. The predicted octanol–water partition coefficient (Wildman–Crippen LogP) is 10.5. The zero-order chi connectivity index (χ0) is 29.3. The molecular formula is C32H70N4U2. The topological polar surface area (TPSA) is 31.2 Å². The smallest absolute Gasteiger partial charge is 0.403 e. The Bertz CT molecular complexity index is 293. The molecule has 226 valence electrons. The summed E-state index contributed by atoms with van der Waals surface area (Å²) in [4.78, 5) is 0. The van der Waals surface area contributed by atoms with Crippen LogP contribution in [0.4, 0.5) is 0 Å². The first-order chi connectivity index (χ1) is 17.2. The molecule has 0 bridgehead atoms. The Kier molecular flexibility index (Phi) is 110. The fraction of sp³-hybridized carbons (Fsp3) is 0.812. The molecule has 0 unspecified atom stereocenters. The van der Waals surface area contributed by atoms with E-state index in [9.17, 15) is 0 Å². The molecule has 4 nitrogen and oxygen atoms in total. The summed E-state index contributed by atoms with van der Waals surface area (Å²) in [6.07, 6.45) is 25.6. The van der Waals surface area contributed by atoms with Crippen molar-refractivity contribution in [3.8, 4) is 0 Å². The van der Waals surface area contributed by atoms with Gasteiger partial charge in [0.25, 0.3) is 0 Å². The Hall–Kier alpha value is 1.04. The van der Waals surface area contributed by atoms with Gasteiger partial charge in [-0.2, -0.15) is 39.5 Å². The number of nitrogens with zero attached hydrogens (tertiary/aromatic N) is 4. The van der Waals surface area contributed by atoms with Crippen molar-refractivity contribution in [2.24, 2.45) is 10.2 Å². The van der Waals surface area contributed by atoms with Crippen molar-refractivity contribution in [2.45, 2.75) is 144 Å². The van der Waals surface area contributed by atoms with Gasteiger partial charge in [0.15, 0.2) is 0 Å². The van der Waals surface area contributed by atoms with Gasteiger partial charge in [0.2, 0.25) is 0 Å². The van der Waals surface area contributed by atoms with E-state index in [0.717, 1.165) is 25.7 Å². The minimum Gasteiger partial charge on any atom is -0.403 e. The zero-order valence-corrected chi connectivity index (χ0v) is 36.3. The van der Waals surface area contributed by atoms with Gasteiger partial charge in [0.05, 0.1) is 0 Å². The van der Waals surface area contributed by atoms with Crippen LogP contribution in [0.2, 0.25) is 0 Å². The first-order valence-electron chi connectivity index (χ1n) is 14.5. The Balaban J connectivity index is -0.0000000471. The second kappa shape index (κ2) is 71.4. The minimum atomic E-state index is 0. The van der Waals surface area contributed by atoms with E-state index >= 15 is 0 Å². The molecule has 0 saturated heterocycles. The van der Waals surface area contributed by atoms with Crippen molar-refractivity contribution in [2.75, 3.05) is 28.2 Å². The molecule has 0 aliphatic carbocycles. The van der Waals surface area contributed by atoms with Crippen LogP contribution in [0.3, 0.4) is 0 Å². The van der Waals surface area contributed by atoms with Crippen LogP contribution in [0.25, 0.3) is 0 Å². The quantitative estimate of drug-likeness (QED) is 0.0752. The van der Waals surface area contributed by atoms with E-state index in [-0.39, 0.29) is 62.2 Å². The fourth-order valence-electron chi connectivity index (χ4n) is 2.11. The molecule has 0 amide bonds. The predicted molar refractivity (Wildman–Crippen MR) is 172 cm³/mol. The van der Waals surface area contributed by atoms with Gasteiger partial charge >= 0.3 is 62.2 Å². The molecule has 0 fully saturated rings. The van der Waals surface area contributed by atoms with Crippen LogP contribution < -0.4 is 0 Å². The van der Waals surface area contributed by atoms with E-state index < -0.39 is 0 Å². The van der Waals surface area contributed by atoms with Gasteiger partial charge in [-0.3, -0.25) is 0 Å². The van der Waals surface area contributed by atoms with Crippen LogP contribution in [0, 0.1) is 89.9 Å². The molecule has 0 aliphatic rings. The van der Waals surface area contributed by atoms with Gasteiger partial charge in [0, 0.05) is 28.2 Å². The molecule has 0 rings (SSSR count). The summed E-state index contributed by atoms with van der Waals surface area (Å²) in [6.45, 7) is 27.2. The van der Waals surface area contributed by atoms with Crippen LogP contribution in [0.1, 0.15) is 144 Å². The van der Waals surface area contributed by atoms with Gasteiger partial charge in [0.1, 0.15) is 0 Å². The molecule has 38 heavy (non-hydrogen) atoms. The number of hydrogen-bond donors (Lipinski definition) is 0. The normalized spacial score (nSPS) is 8.79. The second-order valence-electron chi connectivity index (χ2n) is 8.58. The second-order valence-corrected chi connectivity index (χ2v) is 8.58. The van der Waals surface area contributed by atoms with E-state index in [1.165, 1.54) is 77.0 Å². The molecule has 0 heterocycles. The summed E-state index contributed by atoms with van der Waals surface area (Å²) in [5.41, 5.74) is 0. The standard InChI is InChI=1S/2C7H15.2C5H11.2C4H9N2.2U/c2*1-3-5-7-6-4-2;2*1-3-5-4-2;2*1-4-5-6(2)3;;/h2*1,3-7H2,2H3;2*1,3-5H2,2H3;2*1-3H3;;/q6*-1;2*+3. The van der Waals surface area contributed by atoms with E-state index in [1.807, 2.05) is 28.2 Å². The van der Waals surface area contributed by atoms with Crippen molar-refractivity contribution < 1.29 is 62.2 Å². The Labute approximate surface area is 292 Å². The molecule has 2 radical (unpaired) electrons. The Morgan fingerprint density at radius 1 is 0.447 bits per heavy atom. The van der Waals surface area contributed by atoms with E-state index in [0.29, 0.717) is 0 Å². The van der Waals surface area contributed by atoms with Crippen molar-refractivity contribution in [1.29, 1.82) is 0 Å². The minimum absolute atomic E-state index is 0. The maximum atomic E-state index is 3.76. The average molecular weight is 987 g/mol. The van der Waals surface area contributed by atoms with Crippen LogP contribution in [0.5, 0.6) is 0 Å². The average Bonchev–Trinajstić information content (AvgIpc) is 2.83. The third-order valence-corrected chi connectivity index (χ3v) is 4.01. The summed E-state index contributed by atoms with van der Waals surface area (Å²) < 4.78 is 0. The van der Waals surface area contributed by atoms with Gasteiger partial charge in [-0.05, 0) is 0 Å². The van der Waals surface area contributed by atoms with Crippen LogP contribution in [-0.4, -0.2) is 50.6 Å². The third-order valence-electron chi connectivity index (χ3n) is 4.01. The van der Waals surface area contributed by atoms with Crippen LogP contribution >= 0.6 is 0 Å². The maximum Gasteiger partial charge on any atom is 3.00 e. The Morgan fingerprint density at radius 2 is 0.684 bits per heavy atom. The summed E-state index contributed by atoms with van der Waals surface area (Å²) in [5.74, 6) is 0. The molecule has 0 saturated carbocycles. The van der Waals surface area contributed by atoms with Gasteiger partial charge in [-0.25, -0.2) is 0 Å². The first-order valence-corrected chi connectivity index (χ1v) is 14.5. The zero-order valence-electron chi connectivity index (χ0n) is 27.9. The number of hydrazone groups is 2. The summed E-state index contributed by atoms with van der Waals surface area (Å²) in [7, 11) is 7.43. The van der Waals surface area contributed by atoms with Gasteiger partial charge in [-0.1, -0.05) is 105 Å². The largest absolute Gasteiger partial charge is 3.00 e. The summed E-state index contributed by atoms with van der Waals surface area (Å²) in [6, 6.07) is 0. The third kappa shape index (κ3) is 133. The molecule has 0 aliphatic heterocycles. The maximum absolute atomic E-state index is 3.76. The van der Waals surface area contributed by atoms with Gasteiger partial charge in [-0.15, -0.1) is 0 Å². The monoisotopic (exact) mass is 987 g/mol. The molecule has 0 aromatic rings. The number of rotatable bonds is 14. The van der Waals surface area contributed by atoms with E-state index in [2.05, 4.69) is 78.0 Å². The fourth-order valence-corrected chi connectivity index (χ4v) is 2.11. The number of unbranched alkanes of at least 4 members (excludes halogenated alkanes) is 12. The molecular weight excluding hydrogens is 916 g/mol. The van der Waals surface area contributed by atoms with Crippen molar-refractivity contribution in [3.05, 3.63) is 27.7 Å². The van der Waals surface area contributed by atoms with Crippen molar-refractivity contribution in [3.63, 3.8) is 0 Å². The van der Waals surface area contributed by atoms with Crippen LogP contribution in [-0.2, 0) is 0 Å². The number of hydrogen-bond acceptors (Lipinski definition) is 4. The molecule has 0 atom stereocenters. The van der Waals surface area contributed by atoms with Crippen molar-refractivity contribution in [1.82, 2.24) is 10.0 Å². The van der Waals surface area contributed by atoms with Crippen LogP contribution in [0.15, 0.2) is 10.2 Å². The molecule has 6 heteroatoms.